The molecular weight excluding hydrogens is 72.1 g/mol. The summed E-state index contributed by atoms with van der Waals surface area (Å²) in [5.74, 6) is 0. The van der Waals surface area contributed by atoms with E-state index in [1.54, 1.807) is 0 Å². The molecule has 0 bridgehead atoms. The summed E-state index contributed by atoms with van der Waals surface area (Å²) in [6.45, 7) is 0. The molecule has 0 N–H and O–H groups in total. The van der Waals surface area contributed by atoms with E-state index in [2.05, 4.69) is 6.26 Å². The number of hydrogen-bond donors (Lipinski definition) is 0. The molecule has 0 aliphatic rings. The standard InChI is InChI=1S/C2H5OS.H2/c1-4(2)3;/h1H2,2H3;1H/q+1;/t4-;/m1./s1. The van der Waals surface area contributed by atoms with E-state index in [0.717, 1.165) is 0 Å². The molecule has 0 unspecified atom stereocenters. The Morgan fingerprint density at radius 3 is 2.25 bits per heavy atom. The van der Waals surface area contributed by atoms with Crippen molar-refractivity contribution in [3.8, 4) is 0 Å². The van der Waals surface area contributed by atoms with Gasteiger partial charge in [-0.25, -0.2) is 4.21 Å². The van der Waals surface area contributed by atoms with E-state index in [0.29, 0.717) is 0 Å². The molecule has 0 heterocycles. The minimum Gasteiger partial charge on any atom is -0.210 e. The lowest BCUT2D eigenvalue weighted by Gasteiger charge is -1.47. The van der Waals surface area contributed by atoms with Gasteiger partial charge in [-0.1, -0.05) is 0 Å². The van der Waals surface area contributed by atoms with E-state index in [1.165, 1.54) is 6.26 Å². The molecule has 0 aliphatic carbocycles. The monoisotopic (exact) mass is 79.0 g/mol. The molecule has 0 aromatic carbocycles. The van der Waals surface area contributed by atoms with Gasteiger partial charge in [-0.3, -0.25) is 0 Å². The van der Waals surface area contributed by atoms with Crippen molar-refractivity contribution in [1.29, 1.82) is 0 Å². The van der Waals surface area contributed by atoms with Gasteiger partial charge in [0.05, 0.1) is 6.26 Å². The van der Waals surface area contributed by atoms with Crippen LogP contribution in [0.1, 0.15) is 1.43 Å². The summed E-state index contributed by atoms with van der Waals surface area (Å²) in [7, 11) is -0.861. The van der Waals surface area contributed by atoms with Gasteiger partial charge >= 0.3 is 0 Å². The van der Waals surface area contributed by atoms with Crippen molar-refractivity contribution < 1.29 is 5.64 Å². The van der Waals surface area contributed by atoms with E-state index in [1.807, 2.05) is 0 Å². The summed E-state index contributed by atoms with van der Waals surface area (Å²) in [4.78, 5) is 0. The molecule has 0 saturated carbocycles. The van der Waals surface area contributed by atoms with Gasteiger partial charge in [-0.05, 0) is 0 Å². The highest BCUT2D eigenvalue weighted by Crippen LogP contribution is 1.53. The fourth-order valence-corrected chi connectivity index (χ4v) is 0. The van der Waals surface area contributed by atoms with E-state index in [9.17, 15) is 4.21 Å². The predicted octanol–water partition coefficient (Wildman–Crippen LogP) is 0.402. The van der Waals surface area contributed by atoms with Crippen LogP contribution in [-0.4, -0.2) is 10.5 Å². The minimum absolute atomic E-state index is 0. The van der Waals surface area contributed by atoms with Gasteiger partial charge in [0.2, 0.25) is 0 Å². The molecule has 0 fully saturated rings. The number of hydrogen-bond acceptors (Lipinski definition) is 1. The maximum Gasteiger partial charge on any atom is 0.195 e. The van der Waals surface area contributed by atoms with Crippen molar-refractivity contribution in [3.63, 3.8) is 0 Å². The summed E-state index contributed by atoms with van der Waals surface area (Å²) >= 11 is 0. The molecule has 1 nitrogen and oxygen atoms in total. The average Bonchev–Trinajstić information content (AvgIpc) is 0.811. The van der Waals surface area contributed by atoms with Crippen molar-refractivity contribution in [3.05, 3.63) is 6.26 Å². The molecule has 0 aliphatic heterocycles. The van der Waals surface area contributed by atoms with Gasteiger partial charge in [-0.15, -0.1) is 0 Å². The quantitative estimate of drug-likeness (QED) is 0.384. The Morgan fingerprint density at radius 1 is 2.25 bits per heavy atom. The SMILES string of the molecule is [CH2+][S@](C)=O.[HH]. The first-order valence-corrected chi connectivity index (χ1v) is 2.59. The minimum atomic E-state index is -0.861. The van der Waals surface area contributed by atoms with Crippen molar-refractivity contribution in [2.45, 2.75) is 0 Å². The van der Waals surface area contributed by atoms with Crippen molar-refractivity contribution in [2.75, 3.05) is 6.26 Å². The molecule has 26 valence electrons. The van der Waals surface area contributed by atoms with Crippen LogP contribution < -0.4 is 0 Å². The third-order valence-corrected chi connectivity index (χ3v) is 0. The van der Waals surface area contributed by atoms with Crippen molar-refractivity contribution >= 4 is 10.8 Å². The van der Waals surface area contributed by atoms with Gasteiger partial charge in [0.1, 0.15) is 0 Å². The first-order valence-electron chi connectivity index (χ1n) is 0.864. The zero-order valence-electron chi connectivity index (χ0n) is 2.52. The highest BCUT2D eigenvalue weighted by atomic mass is 32.2. The van der Waals surface area contributed by atoms with Crippen LogP contribution in [0.2, 0.25) is 0 Å². The van der Waals surface area contributed by atoms with Crippen LogP contribution in [0.25, 0.3) is 0 Å². The summed E-state index contributed by atoms with van der Waals surface area (Å²) < 4.78 is 9.44. The zero-order valence-corrected chi connectivity index (χ0v) is 3.34. The first kappa shape index (κ1) is 4.02. The summed E-state index contributed by atoms with van der Waals surface area (Å²) in [6, 6.07) is 0. The normalized spacial score (nSPS) is 15.2. The lowest BCUT2D eigenvalue weighted by atomic mass is 11.9. The molecule has 1 atom stereocenters. The smallest absolute Gasteiger partial charge is 0.195 e. The first-order chi connectivity index (χ1) is 1.73. The molecule has 2 heteroatoms. The second-order valence-electron chi connectivity index (χ2n) is 0.573. The summed E-state index contributed by atoms with van der Waals surface area (Å²) in [5, 5.41) is 0. The summed E-state index contributed by atoms with van der Waals surface area (Å²) in [6.07, 6.45) is 4.64. The third kappa shape index (κ3) is 5250. The molecule has 0 rings (SSSR count). The van der Waals surface area contributed by atoms with Gasteiger partial charge in [0, 0.05) is 1.43 Å². The fourth-order valence-electron chi connectivity index (χ4n) is 0. The summed E-state index contributed by atoms with van der Waals surface area (Å²) in [5.41, 5.74) is 0. The molecule has 0 spiro atoms. The van der Waals surface area contributed by atoms with Crippen LogP contribution in [0.3, 0.4) is 0 Å². The van der Waals surface area contributed by atoms with E-state index in [-0.39, 0.29) is 1.43 Å². The molecule has 0 saturated heterocycles. The van der Waals surface area contributed by atoms with Gasteiger partial charge in [0.25, 0.3) is 0 Å². The maximum absolute atomic E-state index is 9.44. The lowest BCUT2D eigenvalue weighted by molar-refractivity contribution is 0.691. The lowest BCUT2D eigenvalue weighted by Crippen LogP contribution is -1.65. The Hall–Kier alpha value is 0.0200. The predicted molar refractivity (Wildman–Crippen MR) is 21.5 cm³/mol. The molecule has 0 amide bonds. The largest absolute Gasteiger partial charge is 0.210 e. The maximum atomic E-state index is 9.44. The van der Waals surface area contributed by atoms with E-state index in [4.69, 9.17) is 0 Å². The topological polar surface area (TPSA) is 17.1 Å². The Morgan fingerprint density at radius 2 is 2.25 bits per heavy atom. The van der Waals surface area contributed by atoms with E-state index < -0.39 is 10.8 Å². The van der Waals surface area contributed by atoms with Crippen molar-refractivity contribution in [1.82, 2.24) is 0 Å². The van der Waals surface area contributed by atoms with Crippen LogP contribution in [-0.2, 0) is 10.8 Å². The highest BCUT2D eigenvalue weighted by Gasteiger charge is 1.71. The third-order valence-electron chi connectivity index (χ3n) is 0. The molecular formula is C2H7OS+. The van der Waals surface area contributed by atoms with E-state index >= 15 is 0 Å². The van der Waals surface area contributed by atoms with Crippen LogP contribution in [0, 0.1) is 6.26 Å². The van der Waals surface area contributed by atoms with Gasteiger partial charge in [0.15, 0.2) is 17.1 Å². The second-order valence-corrected chi connectivity index (χ2v) is 1.72. The fraction of sp³-hybridized carbons (Fsp3) is 0.500. The second kappa shape index (κ2) is 1.35. The highest BCUT2D eigenvalue weighted by molar-refractivity contribution is 7.85. The Labute approximate surface area is 30.0 Å². The van der Waals surface area contributed by atoms with Crippen LogP contribution in [0.5, 0.6) is 0 Å². The Kier molecular flexibility index (Phi) is 1.36. The molecule has 0 aromatic heterocycles. The van der Waals surface area contributed by atoms with Gasteiger partial charge in [-0.2, -0.15) is 0 Å². The molecule has 4 heavy (non-hydrogen) atoms. The Balaban J connectivity index is 0. The zero-order chi connectivity index (χ0) is 3.58. The molecule has 0 aromatic rings. The van der Waals surface area contributed by atoms with Crippen molar-refractivity contribution in [2.24, 2.45) is 0 Å². The van der Waals surface area contributed by atoms with Crippen LogP contribution in [0.4, 0.5) is 0 Å². The molecule has 0 radical (unpaired) electrons. The average molecular weight is 79.1 g/mol. The Bertz CT molecular complexity index is 32.6. The van der Waals surface area contributed by atoms with Crippen LogP contribution >= 0.6 is 0 Å². The number of rotatable bonds is 0. The van der Waals surface area contributed by atoms with Gasteiger partial charge < -0.3 is 0 Å². The van der Waals surface area contributed by atoms with Crippen LogP contribution in [0.15, 0.2) is 0 Å².